The van der Waals surface area contributed by atoms with Crippen LogP contribution in [0, 0.1) is 0 Å². The number of unbranched alkanes of at least 4 members (excludes halogenated alkanes) is 2. The lowest BCUT2D eigenvalue weighted by Gasteiger charge is -2.25. The van der Waals surface area contributed by atoms with Crippen LogP contribution in [0.15, 0.2) is 0 Å². The second kappa shape index (κ2) is 7.60. The number of carbonyl (C=O) groups is 1. The van der Waals surface area contributed by atoms with Gasteiger partial charge in [-0.25, -0.2) is 0 Å². The number of nitrogens with zero attached hydrogens (tertiary/aromatic N) is 1. The first kappa shape index (κ1) is 13.4. The van der Waals surface area contributed by atoms with Crippen LogP contribution in [0.2, 0.25) is 0 Å². The van der Waals surface area contributed by atoms with Crippen molar-refractivity contribution in [3.63, 3.8) is 0 Å². The maximum Gasteiger partial charge on any atom is 0.237 e. The summed E-state index contributed by atoms with van der Waals surface area (Å²) in [5.74, 6) is 0.158. The Bertz CT molecular complexity index is 211. The van der Waals surface area contributed by atoms with Gasteiger partial charge in [0.05, 0.1) is 12.7 Å². The molecule has 1 rings (SSSR count). The lowest BCUT2D eigenvalue weighted by molar-refractivity contribution is -0.125. The zero-order valence-electron chi connectivity index (χ0n) is 10.2. The van der Waals surface area contributed by atoms with Gasteiger partial charge in [0.15, 0.2) is 0 Å². The minimum absolute atomic E-state index is 0.0212. The Morgan fingerprint density at radius 1 is 1.38 bits per heavy atom. The summed E-state index contributed by atoms with van der Waals surface area (Å²) in [5.41, 5.74) is 0. The van der Waals surface area contributed by atoms with E-state index < -0.39 is 0 Å². The van der Waals surface area contributed by atoms with E-state index in [1.165, 1.54) is 0 Å². The average molecular weight is 230 g/mol. The van der Waals surface area contributed by atoms with Crippen LogP contribution in [-0.2, 0) is 4.79 Å². The number of hydrogen-bond donors (Lipinski definition) is 1. The van der Waals surface area contributed by atoms with Gasteiger partial charge in [-0.1, -0.05) is 0 Å². The highest BCUT2D eigenvalue weighted by molar-refractivity contribution is 5.81. The Morgan fingerprint density at radius 2 is 2.19 bits per heavy atom. The summed E-state index contributed by atoms with van der Waals surface area (Å²) in [6.45, 7) is 1.47. The number of likely N-dealkylation sites (N-methyl/N-ethyl adjacent to an activating group) is 1. The third-order valence-corrected chi connectivity index (χ3v) is 3.18. The van der Waals surface area contributed by atoms with Gasteiger partial charge in [0.2, 0.25) is 5.91 Å². The summed E-state index contributed by atoms with van der Waals surface area (Å²) >= 11 is 0. The van der Waals surface area contributed by atoms with Crippen LogP contribution in [-0.4, -0.2) is 43.7 Å². The van der Waals surface area contributed by atoms with E-state index in [0.29, 0.717) is 6.42 Å². The number of rotatable bonds is 6. The molecule has 1 aliphatic rings. The Morgan fingerprint density at radius 3 is 2.94 bits per heavy atom. The van der Waals surface area contributed by atoms with Crippen LogP contribution in [0.25, 0.3) is 0 Å². The molecule has 0 aromatic heterocycles. The second-order valence-corrected chi connectivity index (χ2v) is 4.53. The van der Waals surface area contributed by atoms with E-state index in [4.69, 9.17) is 0 Å². The third-order valence-electron chi connectivity index (χ3n) is 3.18. The normalized spacial score (nSPS) is 21.9. The van der Waals surface area contributed by atoms with E-state index in [-0.39, 0.29) is 18.6 Å². The SMILES string of the molecule is CN(CCCCCF)[C@@H]1CCCCNC1=O. The van der Waals surface area contributed by atoms with Gasteiger partial charge in [-0.3, -0.25) is 14.1 Å². The lowest BCUT2D eigenvalue weighted by Crippen LogP contribution is -2.44. The van der Waals surface area contributed by atoms with E-state index >= 15 is 0 Å². The summed E-state index contributed by atoms with van der Waals surface area (Å²) in [6, 6.07) is 0.0212. The Hall–Kier alpha value is -0.640. The third kappa shape index (κ3) is 4.47. The topological polar surface area (TPSA) is 32.3 Å². The fourth-order valence-electron chi connectivity index (χ4n) is 2.13. The molecule has 0 aliphatic carbocycles. The van der Waals surface area contributed by atoms with Gasteiger partial charge in [-0.15, -0.1) is 0 Å². The predicted octanol–water partition coefficient (Wildman–Crippen LogP) is 1.73. The average Bonchev–Trinajstić information content (AvgIpc) is 2.49. The first-order chi connectivity index (χ1) is 7.75. The van der Waals surface area contributed by atoms with Gasteiger partial charge in [0.25, 0.3) is 0 Å². The summed E-state index contributed by atoms with van der Waals surface area (Å²) < 4.78 is 11.9. The Kier molecular flexibility index (Phi) is 6.38. The quantitative estimate of drug-likeness (QED) is 0.705. The van der Waals surface area contributed by atoms with Crippen molar-refractivity contribution in [2.75, 3.05) is 26.8 Å². The molecule has 4 heteroatoms. The van der Waals surface area contributed by atoms with Crippen LogP contribution in [0.5, 0.6) is 0 Å². The highest BCUT2D eigenvalue weighted by Gasteiger charge is 2.23. The van der Waals surface area contributed by atoms with Crippen molar-refractivity contribution in [1.82, 2.24) is 10.2 Å². The number of carbonyl (C=O) groups excluding carboxylic acids is 1. The molecule has 16 heavy (non-hydrogen) atoms. The minimum Gasteiger partial charge on any atom is -0.355 e. The minimum atomic E-state index is -0.229. The zero-order chi connectivity index (χ0) is 11.8. The predicted molar refractivity (Wildman–Crippen MR) is 63.1 cm³/mol. The molecule has 1 amide bonds. The Labute approximate surface area is 97.4 Å². The van der Waals surface area contributed by atoms with Gasteiger partial charge < -0.3 is 5.32 Å². The molecular weight excluding hydrogens is 207 g/mol. The second-order valence-electron chi connectivity index (χ2n) is 4.53. The molecule has 0 spiro atoms. The van der Waals surface area contributed by atoms with Crippen molar-refractivity contribution >= 4 is 5.91 Å². The van der Waals surface area contributed by atoms with E-state index in [0.717, 1.165) is 45.2 Å². The highest BCUT2D eigenvalue weighted by atomic mass is 19.1. The van der Waals surface area contributed by atoms with Crippen LogP contribution < -0.4 is 5.32 Å². The molecule has 1 fully saturated rings. The number of hydrogen-bond acceptors (Lipinski definition) is 2. The molecule has 1 heterocycles. The molecule has 0 aromatic rings. The summed E-state index contributed by atoms with van der Waals surface area (Å²) in [4.78, 5) is 13.8. The van der Waals surface area contributed by atoms with Gasteiger partial charge in [-0.2, -0.15) is 0 Å². The van der Waals surface area contributed by atoms with Crippen molar-refractivity contribution in [3.8, 4) is 0 Å². The van der Waals surface area contributed by atoms with E-state index in [1.54, 1.807) is 0 Å². The smallest absolute Gasteiger partial charge is 0.237 e. The number of alkyl halides is 1. The van der Waals surface area contributed by atoms with Gasteiger partial charge >= 0.3 is 0 Å². The van der Waals surface area contributed by atoms with E-state index in [2.05, 4.69) is 10.2 Å². The van der Waals surface area contributed by atoms with Crippen molar-refractivity contribution in [3.05, 3.63) is 0 Å². The molecule has 0 bridgehead atoms. The summed E-state index contributed by atoms with van der Waals surface area (Å²) in [6.07, 6.45) is 5.67. The monoisotopic (exact) mass is 230 g/mol. The van der Waals surface area contributed by atoms with Gasteiger partial charge in [0.1, 0.15) is 0 Å². The van der Waals surface area contributed by atoms with Gasteiger partial charge in [-0.05, 0) is 52.1 Å². The summed E-state index contributed by atoms with van der Waals surface area (Å²) in [5, 5.41) is 2.94. The first-order valence-electron chi connectivity index (χ1n) is 6.29. The zero-order valence-corrected chi connectivity index (χ0v) is 10.2. The molecule has 1 N–H and O–H groups in total. The van der Waals surface area contributed by atoms with Crippen LogP contribution in [0.1, 0.15) is 38.5 Å². The number of amides is 1. The Balaban J connectivity index is 2.27. The summed E-state index contributed by atoms with van der Waals surface area (Å²) in [7, 11) is 1.99. The van der Waals surface area contributed by atoms with Crippen LogP contribution in [0.4, 0.5) is 4.39 Å². The van der Waals surface area contributed by atoms with E-state index in [1.807, 2.05) is 7.05 Å². The molecular formula is C12H23FN2O. The molecule has 94 valence electrons. The fourth-order valence-corrected chi connectivity index (χ4v) is 2.13. The maximum absolute atomic E-state index is 11.9. The first-order valence-corrected chi connectivity index (χ1v) is 6.29. The molecule has 0 saturated carbocycles. The molecule has 1 saturated heterocycles. The van der Waals surface area contributed by atoms with Gasteiger partial charge in [0, 0.05) is 6.54 Å². The molecule has 1 aliphatic heterocycles. The van der Waals surface area contributed by atoms with Crippen molar-refractivity contribution < 1.29 is 9.18 Å². The largest absolute Gasteiger partial charge is 0.355 e. The van der Waals surface area contributed by atoms with Crippen LogP contribution >= 0.6 is 0 Å². The fraction of sp³-hybridized carbons (Fsp3) is 0.917. The standard InChI is InChI=1S/C12H23FN2O/c1-15(10-6-2-4-8-13)11-7-3-5-9-14-12(11)16/h11H,2-10H2,1H3,(H,14,16)/t11-/m1/s1. The van der Waals surface area contributed by atoms with Crippen LogP contribution in [0.3, 0.4) is 0 Å². The highest BCUT2D eigenvalue weighted by Crippen LogP contribution is 2.12. The molecule has 0 unspecified atom stereocenters. The van der Waals surface area contributed by atoms with E-state index in [9.17, 15) is 9.18 Å². The molecule has 0 aromatic carbocycles. The molecule has 0 radical (unpaired) electrons. The molecule has 3 nitrogen and oxygen atoms in total. The lowest BCUT2D eigenvalue weighted by atomic mass is 10.1. The number of halogens is 1. The van der Waals surface area contributed by atoms with Crippen molar-refractivity contribution in [1.29, 1.82) is 0 Å². The maximum atomic E-state index is 11.9. The number of nitrogens with one attached hydrogen (secondary N) is 1. The van der Waals surface area contributed by atoms with Crippen molar-refractivity contribution in [2.24, 2.45) is 0 Å². The van der Waals surface area contributed by atoms with Crippen molar-refractivity contribution in [2.45, 2.75) is 44.6 Å². The molecule has 1 atom stereocenters.